The number of allylic oxidation sites excluding steroid dienone is 4. The predicted molar refractivity (Wildman–Crippen MR) is 115 cm³/mol. The van der Waals surface area contributed by atoms with Crippen molar-refractivity contribution in [2.75, 3.05) is 0 Å². The average molecular weight is 375 g/mol. The van der Waals surface area contributed by atoms with E-state index in [0.717, 1.165) is 24.7 Å². The average Bonchev–Trinajstić information content (AvgIpc) is 2.52. The predicted octanol–water partition coefficient (Wildman–Crippen LogP) is 7.24. The number of hydrogen-bond donors (Lipinski definition) is 0. The van der Waals surface area contributed by atoms with E-state index in [4.69, 9.17) is 4.74 Å². The molecule has 0 radical (unpaired) electrons. The molecule has 2 rings (SSSR count). The van der Waals surface area contributed by atoms with Crippen molar-refractivity contribution in [3.05, 3.63) is 23.3 Å². The molecule has 4 atom stereocenters. The summed E-state index contributed by atoms with van der Waals surface area (Å²) in [7, 11) is 0. The summed E-state index contributed by atoms with van der Waals surface area (Å²) in [5.41, 5.74) is 4.05. The molecule has 0 aliphatic heterocycles. The van der Waals surface area contributed by atoms with Gasteiger partial charge in [-0.05, 0) is 88.4 Å². The Kier molecular flexibility index (Phi) is 7.39. The van der Waals surface area contributed by atoms with Crippen molar-refractivity contribution in [1.82, 2.24) is 0 Å². The molecular formula is C25H42O2. The van der Waals surface area contributed by atoms with Gasteiger partial charge >= 0.3 is 5.97 Å². The fourth-order valence-electron chi connectivity index (χ4n) is 6.08. The zero-order valence-electron chi connectivity index (χ0n) is 18.9. The van der Waals surface area contributed by atoms with Crippen molar-refractivity contribution in [2.45, 2.75) is 106 Å². The Morgan fingerprint density at radius 1 is 1.30 bits per heavy atom. The number of carbonyl (C=O) groups excluding carboxylic acids is 1. The third-order valence-corrected chi connectivity index (χ3v) is 7.56. The van der Waals surface area contributed by atoms with E-state index in [9.17, 15) is 4.79 Å². The molecule has 2 heteroatoms. The Balaban J connectivity index is 1.95. The normalized spacial score (nSPS) is 31.7. The molecule has 2 aliphatic carbocycles. The Hall–Kier alpha value is -1.05. The van der Waals surface area contributed by atoms with Crippen LogP contribution in [0, 0.1) is 22.7 Å². The molecule has 1 saturated carbocycles. The SMILES string of the molecule is CC(=O)OC(C)CC/C=C(\C)CCC1C(C)=CCC2C(C)(C)CCC[C@]12C. The second kappa shape index (κ2) is 8.97. The highest BCUT2D eigenvalue weighted by atomic mass is 16.5. The van der Waals surface area contributed by atoms with Crippen LogP contribution in [0.1, 0.15) is 99.8 Å². The van der Waals surface area contributed by atoms with E-state index in [1.165, 1.54) is 51.0 Å². The minimum atomic E-state index is -0.180. The first-order valence-corrected chi connectivity index (χ1v) is 11.1. The van der Waals surface area contributed by atoms with Gasteiger partial charge in [0.05, 0.1) is 6.10 Å². The highest BCUT2D eigenvalue weighted by molar-refractivity contribution is 5.66. The van der Waals surface area contributed by atoms with Crippen LogP contribution in [0.25, 0.3) is 0 Å². The minimum absolute atomic E-state index is 0.0132. The van der Waals surface area contributed by atoms with Gasteiger partial charge in [0.25, 0.3) is 0 Å². The summed E-state index contributed by atoms with van der Waals surface area (Å²) in [6.07, 6.45) is 14.7. The van der Waals surface area contributed by atoms with E-state index < -0.39 is 0 Å². The van der Waals surface area contributed by atoms with E-state index in [1.807, 2.05) is 6.92 Å². The van der Waals surface area contributed by atoms with Crippen molar-refractivity contribution in [3.63, 3.8) is 0 Å². The first kappa shape index (κ1) is 22.2. The molecule has 0 bridgehead atoms. The van der Waals surface area contributed by atoms with Gasteiger partial charge in [-0.25, -0.2) is 0 Å². The van der Waals surface area contributed by atoms with Crippen molar-refractivity contribution >= 4 is 5.97 Å². The van der Waals surface area contributed by atoms with Crippen LogP contribution in [-0.2, 0) is 9.53 Å². The summed E-state index contributed by atoms with van der Waals surface area (Å²) >= 11 is 0. The summed E-state index contributed by atoms with van der Waals surface area (Å²) in [5, 5.41) is 0. The van der Waals surface area contributed by atoms with E-state index in [0.29, 0.717) is 10.8 Å². The third-order valence-electron chi connectivity index (χ3n) is 7.56. The fraction of sp³-hybridized carbons (Fsp3) is 0.800. The lowest BCUT2D eigenvalue weighted by Crippen LogP contribution is -2.48. The number of rotatable bonds is 7. The van der Waals surface area contributed by atoms with Crippen LogP contribution in [0.2, 0.25) is 0 Å². The van der Waals surface area contributed by atoms with Crippen molar-refractivity contribution < 1.29 is 9.53 Å². The van der Waals surface area contributed by atoms with Crippen LogP contribution >= 0.6 is 0 Å². The molecule has 0 N–H and O–H groups in total. The standard InChI is InChI=1S/C25H42O2/c1-18(10-8-11-20(3)27-21(4)26)12-14-22-19(2)13-15-23-24(5,6)16-9-17-25(22,23)7/h10,13,20,22-23H,8-9,11-12,14-17H2,1-7H3/b18-10+/t20?,22?,23?,25-/m1/s1. The summed E-state index contributed by atoms with van der Waals surface area (Å²) < 4.78 is 5.22. The van der Waals surface area contributed by atoms with Crippen molar-refractivity contribution in [1.29, 1.82) is 0 Å². The van der Waals surface area contributed by atoms with Gasteiger partial charge < -0.3 is 4.74 Å². The lowest BCUT2D eigenvalue weighted by atomic mass is 9.48. The van der Waals surface area contributed by atoms with Crippen LogP contribution in [0.3, 0.4) is 0 Å². The Morgan fingerprint density at radius 3 is 2.67 bits per heavy atom. The fourth-order valence-corrected chi connectivity index (χ4v) is 6.08. The first-order chi connectivity index (χ1) is 12.6. The van der Waals surface area contributed by atoms with E-state index >= 15 is 0 Å². The van der Waals surface area contributed by atoms with Gasteiger partial charge in [-0.2, -0.15) is 0 Å². The highest BCUT2D eigenvalue weighted by Gasteiger charge is 2.51. The molecule has 154 valence electrons. The van der Waals surface area contributed by atoms with Gasteiger partial charge in [0, 0.05) is 6.92 Å². The maximum absolute atomic E-state index is 11.0. The molecule has 0 aromatic rings. The van der Waals surface area contributed by atoms with Crippen LogP contribution < -0.4 is 0 Å². The van der Waals surface area contributed by atoms with Gasteiger partial charge in [0.1, 0.15) is 0 Å². The van der Waals surface area contributed by atoms with Gasteiger partial charge in [0.15, 0.2) is 0 Å². The van der Waals surface area contributed by atoms with Crippen molar-refractivity contribution in [3.8, 4) is 0 Å². The largest absolute Gasteiger partial charge is 0.463 e. The maximum atomic E-state index is 11.0. The summed E-state index contributed by atoms with van der Waals surface area (Å²) in [6.45, 7) is 15.7. The molecule has 0 saturated heterocycles. The second-order valence-corrected chi connectivity index (χ2v) is 10.2. The number of esters is 1. The molecule has 1 fully saturated rings. The van der Waals surface area contributed by atoms with Crippen LogP contribution in [0.15, 0.2) is 23.3 Å². The lowest BCUT2D eigenvalue weighted by Gasteiger charge is -2.57. The molecule has 0 spiro atoms. The van der Waals surface area contributed by atoms with E-state index in [1.54, 1.807) is 5.57 Å². The van der Waals surface area contributed by atoms with E-state index in [2.05, 4.69) is 46.8 Å². The molecular weight excluding hydrogens is 332 g/mol. The molecule has 3 unspecified atom stereocenters. The quantitative estimate of drug-likeness (QED) is 0.346. The highest BCUT2D eigenvalue weighted by Crippen LogP contribution is 2.60. The van der Waals surface area contributed by atoms with Gasteiger partial charge in [-0.3, -0.25) is 4.79 Å². The molecule has 2 nitrogen and oxygen atoms in total. The molecule has 2 aliphatic rings. The molecule has 0 aromatic carbocycles. The number of ether oxygens (including phenoxy) is 1. The molecule has 0 aromatic heterocycles. The zero-order valence-corrected chi connectivity index (χ0v) is 18.9. The lowest BCUT2D eigenvalue weighted by molar-refractivity contribution is -0.145. The number of fused-ring (bicyclic) bond motifs is 1. The van der Waals surface area contributed by atoms with Crippen molar-refractivity contribution in [2.24, 2.45) is 22.7 Å². The monoisotopic (exact) mass is 374 g/mol. The number of hydrogen-bond acceptors (Lipinski definition) is 2. The van der Waals surface area contributed by atoms with Gasteiger partial charge in [0.2, 0.25) is 0 Å². The summed E-state index contributed by atoms with van der Waals surface area (Å²) in [4.78, 5) is 11.0. The summed E-state index contributed by atoms with van der Waals surface area (Å²) in [5.74, 6) is 1.36. The Morgan fingerprint density at radius 2 is 2.00 bits per heavy atom. The smallest absolute Gasteiger partial charge is 0.302 e. The molecule has 0 heterocycles. The van der Waals surface area contributed by atoms with E-state index in [-0.39, 0.29) is 12.1 Å². The third kappa shape index (κ3) is 5.48. The van der Waals surface area contributed by atoms with Gasteiger partial charge in [-0.15, -0.1) is 0 Å². The number of carbonyl (C=O) groups is 1. The van der Waals surface area contributed by atoms with Crippen LogP contribution in [0.4, 0.5) is 0 Å². The minimum Gasteiger partial charge on any atom is -0.463 e. The summed E-state index contributed by atoms with van der Waals surface area (Å²) in [6, 6.07) is 0. The Bertz CT molecular complexity index is 583. The Labute approximate surface area is 167 Å². The molecule has 27 heavy (non-hydrogen) atoms. The zero-order chi connectivity index (χ0) is 20.2. The second-order valence-electron chi connectivity index (χ2n) is 10.2. The van der Waals surface area contributed by atoms with Gasteiger partial charge in [-0.1, -0.05) is 50.5 Å². The first-order valence-electron chi connectivity index (χ1n) is 11.1. The maximum Gasteiger partial charge on any atom is 0.302 e. The molecule has 0 amide bonds. The van der Waals surface area contributed by atoms with Crippen LogP contribution in [-0.4, -0.2) is 12.1 Å². The topological polar surface area (TPSA) is 26.3 Å². The van der Waals surface area contributed by atoms with Crippen LogP contribution in [0.5, 0.6) is 0 Å².